The molecule has 0 saturated carbocycles. The predicted molar refractivity (Wildman–Crippen MR) is 68.1 cm³/mol. The minimum absolute atomic E-state index is 0.336. The number of nitrogens with zero attached hydrogens (tertiary/aromatic N) is 3. The van der Waals surface area contributed by atoms with Crippen LogP contribution in [0.4, 0.5) is 10.2 Å². The highest BCUT2D eigenvalue weighted by atomic mass is 35.5. The zero-order valence-corrected chi connectivity index (χ0v) is 10.9. The van der Waals surface area contributed by atoms with Gasteiger partial charge in [-0.2, -0.15) is 0 Å². The van der Waals surface area contributed by atoms with Gasteiger partial charge in [-0.1, -0.05) is 18.5 Å². The molecular weight excluding hydrogens is 241 g/mol. The average Bonchev–Trinajstić information content (AvgIpc) is 2.30. The molecule has 3 nitrogen and oxygen atoms in total. The molecule has 0 aromatic carbocycles. The van der Waals surface area contributed by atoms with E-state index < -0.39 is 0 Å². The van der Waals surface area contributed by atoms with Gasteiger partial charge in [-0.25, -0.2) is 9.37 Å². The van der Waals surface area contributed by atoms with E-state index in [4.69, 9.17) is 11.6 Å². The summed E-state index contributed by atoms with van der Waals surface area (Å²) in [4.78, 5) is 8.41. The maximum absolute atomic E-state index is 13.8. The van der Waals surface area contributed by atoms with Gasteiger partial charge in [-0.15, -0.1) is 0 Å². The van der Waals surface area contributed by atoms with Crippen molar-refractivity contribution in [3.63, 3.8) is 0 Å². The number of hydrogen-bond acceptors (Lipinski definition) is 3. The smallest absolute Gasteiger partial charge is 0.167 e. The van der Waals surface area contributed by atoms with Gasteiger partial charge >= 0.3 is 0 Å². The molecule has 0 N–H and O–H groups in total. The van der Waals surface area contributed by atoms with Crippen LogP contribution in [0.3, 0.4) is 0 Å². The van der Waals surface area contributed by atoms with Crippen LogP contribution in [-0.2, 0) is 0 Å². The van der Waals surface area contributed by atoms with Crippen LogP contribution in [0.1, 0.15) is 13.3 Å². The second-order valence-corrected chi connectivity index (χ2v) is 4.88. The zero-order chi connectivity index (χ0) is 12.4. The molecular formula is C12H17ClFN3. The molecule has 1 unspecified atom stereocenters. The molecule has 17 heavy (non-hydrogen) atoms. The standard InChI is InChI=1S/C12H17ClFN3/c1-3-10-8-17(5-4-16(10)2)12-11(14)6-9(13)7-15-12/h6-7,10H,3-5,8H2,1-2H3. The van der Waals surface area contributed by atoms with E-state index in [0.29, 0.717) is 16.9 Å². The third kappa shape index (κ3) is 2.69. The number of halogens is 2. The molecule has 1 fully saturated rings. The molecule has 5 heteroatoms. The molecule has 1 atom stereocenters. The Hall–Kier alpha value is -0.870. The molecule has 2 rings (SSSR count). The number of hydrogen-bond donors (Lipinski definition) is 0. The van der Waals surface area contributed by atoms with Crippen molar-refractivity contribution in [2.24, 2.45) is 0 Å². The first-order valence-corrected chi connectivity index (χ1v) is 6.26. The van der Waals surface area contributed by atoms with Crippen LogP contribution < -0.4 is 4.90 Å². The van der Waals surface area contributed by atoms with Gasteiger partial charge in [0.15, 0.2) is 11.6 Å². The van der Waals surface area contributed by atoms with Gasteiger partial charge < -0.3 is 4.90 Å². The highest BCUT2D eigenvalue weighted by Gasteiger charge is 2.25. The quantitative estimate of drug-likeness (QED) is 0.811. The van der Waals surface area contributed by atoms with Gasteiger partial charge in [-0.3, -0.25) is 4.90 Å². The Morgan fingerprint density at radius 3 is 2.94 bits per heavy atom. The molecule has 0 radical (unpaired) electrons. The first-order chi connectivity index (χ1) is 8.11. The number of piperazine rings is 1. The zero-order valence-electron chi connectivity index (χ0n) is 10.2. The Morgan fingerprint density at radius 1 is 1.53 bits per heavy atom. The summed E-state index contributed by atoms with van der Waals surface area (Å²) in [5.74, 6) is 0.0813. The van der Waals surface area contributed by atoms with Gasteiger partial charge in [-0.05, 0) is 19.5 Å². The summed E-state index contributed by atoms with van der Waals surface area (Å²) in [5, 5.41) is 0.340. The Kier molecular flexibility index (Phi) is 3.84. The molecule has 1 aromatic rings. The Morgan fingerprint density at radius 2 is 2.29 bits per heavy atom. The van der Waals surface area contributed by atoms with E-state index in [9.17, 15) is 4.39 Å². The van der Waals surface area contributed by atoms with E-state index in [1.807, 2.05) is 4.90 Å². The van der Waals surface area contributed by atoms with Crippen molar-refractivity contribution in [2.75, 3.05) is 31.6 Å². The molecule has 1 aliphatic rings. The minimum atomic E-state index is -0.336. The van der Waals surface area contributed by atoms with E-state index >= 15 is 0 Å². The van der Waals surface area contributed by atoms with Crippen molar-refractivity contribution >= 4 is 17.4 Å². The second-order valence-electron chi connectivity index (χ2n) is 4.45. The summed E-state index contributed by atoms with van der Waals surface area (Å²) in [5.41, 5.74) is 0. The largest absolute Gasteiger partial charge is 0.351 e. The number of aromatic nitrogens is 1. The molecule has 0 aliphatic carbocycles. The predicted octanol–water partition coefficient (Wildman–Crippen LogP) is 2.40. The van der Waals surface area contributed by atoms with E-state index in [0.717, 1.165) is 26.1 Å². The fourth-order valence-electron chi connectivity index (χ4n) is 2.22. The first kappa shape index (κ1) is 12.6. The van der Waals surface area contributed by atoms with Crippen LogP contribution in [0.15, 0.2) is 12.3 Å². The second kappa shape index (κ2) is 5.19. The lowest BCUT2D eigenvalue weighted by atomic mass is 10.1. The topological polar surface area (TPSA) is 19.4 Å². The average molecular weight is 258 g/mol. The number of pyridine rings is 1. The van der Waals surface area contributed by atoms with Crippen molar-refractivity contribution < 1.29 is 4.39 Å². The lowest BCUT2D eigenvalue weighted by molar-refractivity contribution is 0.212. The van der Waals surface area contributed by atoms with Crippen molar-refractivity contribution in [3.8, 4) is 0 Å². The molecule has 1 saturated heterocycles. The molecule has 0 spiro atoms. The third-order valence-corrected chi connectivity index (χ3v) is 3.54. The number of anilines is 1. The van der Waals surface area contributed by atoms with Gasteiger partial charge in [0, 0.05) is 31.9 Å². The summed E-state index contributed by atoms with van der Waals surface area (Å²) in [7, 11) is 2.11. The highest BCUT2D eigenvalue weighted by Crippen LogP contribution is 2.22. The fraction of sp³-hybridized carbons (Fsp3) is 0.583. The summed E-state index contributed by atoms with van der Waals surface area (Å²) >= 11 is 5.71. The third-order valence-electron chi connectivity index (χ3n) is 3.34. The maximum atomic E-state index is 13.8. The van der Waals surface area contributed by atoms with Crippen molar-refractivity contribution in [1.82, 2.24) is 9.88 Å². The maximum Gasteiger partial charge on any atom is 0.167 e. The van der Waals surface area contributed by atoms with Gasteiger partial charge in [0.25, 0.3) is 0 Å². The Labute approximate surface area is 106 Å². The van der Waals surface area contributed by atoms with Crippen LogP contribution in [-0.4, -0.2) is 42.6 Å². The van der Waals surface area contributed by atoms with Gasteiger partial charge in [0.1, 0.15) is 0 Å². The van der Waals surface area contributed by atoms with E-state index in [2.05, 4.69) is 23.9 Å². The van der Waals surface area contributed by atoms with Gasteiger partial charge in [0.05, 0.1) is 5.02 Å². The lowest BCUT2D eigenvalue weighted by Gasteiger charge is -2.39. The number of rotatable bonds is 2. The van der Waals surface area contributed by atoms with Crippen molar-refractivity contribution in [1.29, 1.82) is 0 Å². The monoisotopic (exact) mass is 257 g/mol. The van der Waals surface area contributed by atoms with Crippen molar-refractivity contribution in [3.05, 3.63) is 23.1 Å². The Balaban J connectivity index is 2.17. The Bertz CT molecular complexity index is 399. The molecule has 0 bridgehead atoms. The minimum Gasteiger partial charge on any atom is -0.351 e. The number of likely N-dealkylation sites (N-methyl/N-ethyl adjacent to an activating group) is 1. The summed E-state index contributed by atoms with van der Waals surface area (Å²) in [6, 6.07) is 1.78. The normalized spacial score (nSPS) is 21.9. The first-order valence-electron chi connectivity index (χ1n) is 5.88. The molecule has 94 valence electrons. The summed E-state index contributed by atoms with van der Waals surface area (Å²) in [6.07, 6.45) is 2.56. The van der Waals surface area contributed by atoms with E-state index in [-0.39, 0.29) is 5.82 Å². The summed E-state index contributed by atoms with van der Waals surface area (Å²) < 4.78 is 13.8. The molecule has 2 heterocycles. The molecule has 0 amide bonds. The van der Waals surface area contributed by atoms with Crippen LogP contribution >= 0.6 is 11.6 Å². The van der Waals surface area contributed by atoms with E-state index in [1.54, 1.807) is 0 Å². The highest BCUT2D eigenvalue weighted by molar-refractivity contribution is 6.30. The lowest BCUT2D eigenvalue weighted by Crippen LogP contribution is -2.51. The van der Waals surface area contributed by atoms with Crippen LogP contribution in [0.5, 0.6) is 0 Å². The SMILES string of the molecule is CCC1CN(c2ncc(Cl)cc2F)CCN1C. The van der Waals surface area contributed by atoms with Crippen LogP contribution in [0.2, 0.25) is 5.02 Å². The molecule has 1 aliphatic heterocycles. The van der Waals surface area contributed by atoms with E-state index in [1.165, 1.54) is 12.3 Å². The van der Waals surface area contributed by atoms with Crippen molar-refractivity contribution in [2.45, 2.75) is 19.4 Å². The molecule has 1 aromatic heterocycles. The van der Waals surface area contributed by atoms with Gasteiger partial charge in [0.2, 0.25) is 0 Å². The van der Waals surface area contributed by atoms with Crippen LogP contribution in [0, 0.1) is 5.82 Å². The fourth-order valence-corrected chi connectivity index (χ4v) is 2.36. The van der Waals surface area contributed by atoms with Crippen LogP contribution in [0.25, 0.3) is 0 Å². The summed E-state index contributed by atoms with van der Waals surface area (Å²) in [6.45, 7) is 4.70.